The van der Waals surface area contributed by atoms with E-state index in [4.69, 9.17) is 9.47 Å². The molecule has 2 heterocycles. The van der Waals surface area contributed by atoms with Gasteiger partial charge >= 0.3 is 5.97 Å². The van der Waals surface area contributed by atoms with Crippen LogP contribution in [-0.2, 0) is 22.5 Å². The summed E-state index contributed by atoms with van der Waals surface area (Å²) in [7, 11) is 0. The Morgan fingerprint density at radius 2 is 1.88 bits per heavy atom. The van der Waals surface area contributed by atoms with E-state index in [-0.39, 0.29) is 11.7 Å². The smallest absolute Gasteiger partial charge is 0.333 e. The van der Waals surface area contributed by atoms with Gasteiger partial charge in [0.25, 0.3) is 0 Å². The molecule has 1 aliphatic carbocycles. The standard InChI is InChI=1S/C26H30N2O5/c1-2-32-23(26(30)31)17-18-7-10-21(11-8-18)33-16-15-28-14-13-20-9-12-22(27-25(20)28)24(29)19-5-3-4-6-19/h7-14,19,23H,2-6,15-17H2,1H3,(H,30,31). The van der Waals surface area contributed by atoms with E-state index in [0.717, 1.165) is 42.3 Å². The maximum Gasteiger partial charge on any atom is 0.333 e. The fourth-order valence-corrected chi connectivity index (χ4v) is 4.39. The number of ketones is 1. The van der Waals surface area contributed by atoms with Gasteiger partial charge in [0.2, 0.25) is 0 Å². The van der Waals surface area contributed by atoms with Gasteiger partial charge in [0.15, 0.2) is 11.9 Å². The number of carbonyl (C=O) groups is 2. The lowest BCUT2D eigenvalue weighted by atomic mass is 10.00. The van der Waals surface area contributed by atoms with Gasteiger partial charge in [-0.1, -0.05) is 25.0 Å². The molecule has 33 heavy (non-hydrogen) atoms. The van der Waals surface area contributed by atoms with Crippen molar-refractivity contribution in [3.05, 3.63) is 59.9 Å². The third-order valence-corrected chi connectivity index (χ3v) is 6.18. The molecule has 1 aromatic carbocycles. The molecule has 7 nitrogen and oxygen atoms in total. The van der Waals surface area contributed by atoms with Crippen LogP contribution in [0.2, 0.25) is 0 Å². The molecule has 4 rings (SSSR count). The summed E-state index contributed by atoms with van der Waals surface area (Å²) in [5.74, 6) is 0.0262. The van der Waals surface area contributed by atoms with E-state index in [1.165, 1.54) is 0 Å². The Hall–Kier alpha value is -3.19. The largest absolute Gasteiger partial charge is 0.492 e. The minimum atomic E-state index is -0.960. The lowest BCUT2D eigenvalue weighted by Gasteiger charge is -2.13. The quantitative estimate of drug-likeness (QED) is 0.432. The summed E-state index contributed by atoms with van der Waals surface area (Å²) in [4.78, 5) is 28.7. The number of ether oxygens (including phenoxy) is 2. The maximum absolute atomic E-state index is 12.8. The number of rotatable bonds is 11. The van der Waals surface area contributed by atoms with Crippen LogP contribution in [0.15, 0.2) is 48.7 Å². The first-order chi connectivity index (χ1) is 16.0. The van der Waals surface area contributed by atoms with Gasteiger partial charge in [-0.2, -0.15) is 0 Å². The highest BCUT2D eigenvalue weighted by molar-refractivity contribution is 5.98. The molecule has 0 radical (unpaired) electrons. The van der Waals surface area contributed by atoms with Gasteiger partial charge in [-0.05, 0) is 55.7 Å². The molecule has 0 aliphatic heterocycles. The summed E-state index contributed by atoms with van der Waals surface area (Å²) in [6.07, 6.45) is 5.62. The number of hydrogen-bond donors (Lipinski definition) is 1. The first-order valence-electron chi connectivity index (χ1n) is 11.6. The molecule has 174 valence electrons. The maximum atomic E-state index is 12.8. The predicted molar refractivity (Wildman–Crippen MR) is 125 cm³/mol. The highest BCUT2D eigenvalue weighted by Crippen LogP contribution is 2.28. The van der Waals surface area contributed by atoms with Crippen LogP contribution in [-0.4, -0.2) is 45.7 Å². The van der Waals surface area contributed by atoms with Crippen molar-refractivity contribution in [3.63, 3.8) is 0 Å². The fourth-order valence-electron chi connectivity index (χ4n) is 4.39. The van der Waals surface area contributed by atoms with Crippen LogP contribution in [0, 0.1) is 5.92 Å². The van der Waals surface area contributed by atoms with E-state index in [1.54, 1.807) is 6.92 Å². The van der Waals surface area contributed by atoms with Crippen LogP contribution in [0.1, 0.15) is 48.7 Å². The second-order valence-electron chi connectivity index (χ2n) is 8.44. The number of Topliss-reactive ketones (excluding diaryl/α,β-unsaturated/α-hetero) is 1. The average Bonchev–Trinajstić information content (AvgIpc) is 3.49. The molecule has 0 amide bonds. The number of carbonyl (C=O) groups excluding carboxylic acids is 1. The van der Waals surface area contributed by atoms with E-state index >= 15 is 0 Å². The summed E-state index contributed by atoms with van der Waals surface area (Å²) < 4.78 is 13.2. The van der Waals surface area contributed by atoms with Crippen molar-refractivity contribution in [2.75, 3.05) is 13.2 Å². The van der Waals surface area contributed by atoms with E-state index in [2.05, 4.69) is 4.98 Å². The molecule has 2 aromatic heterocycles. The summed E-state index contributed by atoms with van der Waals surface area (Å²) in [6, 6.07) is 13.2. The first kappa shape index (κ1) is 23.0. The molecular formula is C26H30N2O5. The number of hydrogen-bond acceptors (Lipinski definition) is 5. The summed E-state index contributed by atoms with van der Waals surface area (Å²) in [5.41, 5.74) is 2.23. The van der Waals surface area contributed by atoms with E-state index in [0.29, 0.717) is 37.6 Å². The Kier molecular flexibility index (Phi) is 7.40. The first-order valence-corrected chi connectivity index (χ1v) is 11.6. The molecule has 0 bridgehead atoms. The third kappa shape index (κ3) is 5.60. The van der Waals surface area contributed by atoms with Gasteiger partial charge in [0, 0.05) is 30.5 Å². The molecule has 1 atom stereocenters. The van der Waals surface area contributed by atoms with Crippen molar-refractivity contribution in [2.45, 2.75) is 51.7 Å². The predicted octanol–water partition coefficient (Wildman–Crippen LogP) is 4.52. The monoisotopic (exact) mass is 450 g/mol. The van der Waals surface area contributed by atoms with Crippen LogP contribution in [0.3, 0.4) is 0 Å². The number of aromatic nitrogens is 2. The third-order valence-electron chi connectivity index (χ3n) is 6.18. The van der Waals surface area contributed by atoms with Crippen LogP contribution in [0.25, 0.3) is 11.0 Å². The Bertz CT molecular complexity index is 1100. The van der Waals surface area contributed by atoms with Crippen molar-refractivity contribution in [3.8, 4) is 5.75 Å². The molecule has 7 heteroatoms. The molecular weight excluding hydrogens is 420 g/mol. The van der Waals surface area contributed by atoms with Gasteiger partial charge in [-0.25, -0.2) is 9.78 Å². The van der Waals surface area contributed by atoms with Crippen molar-refractivity contribution >= 4 is 22.8 Å². The lowest BCUT2D eigenvalue weighted by Crippen LogP contribution is -2.26. The number of fused-ring (bicyclic) bond motifs is 1. The second-order valence-corrected chi connectivity index (χ2v) is 8.44. The second kappa shape index (κ2) is 10.6. The topological polar surface area (TPSA) is 90.7 Å². The van der Waals surface area contributed by atoms with Gasteiger partial charge in [-0.15, -0.1) is 0 Å². The molecule has 1 aliphatic rings. The highest BCUT2D eigenvalue weighted by atomic mass is 16.5. The Morgan fingerprint density at radius 1 is 1.12 bits per heavy atom. The van der Waals surface area contributed by atoms with Crippen LogP contribution >= 0.6 is 0 Å². The Balaban J connectivity index is 1.35. The molecule has 0 spiro atoms. The van der Waals surface area contributed by atoms with E-state index < -0.39 is 12.1 Å². The van der Waals surface area contributed by atoms with Gasteiger partial charge in [-0.3, -0.25) is 4.79 Å². The van der Waals surface area contributed by atoms with Crippen LogP contribution in [0.5, 0.6) is 5.75 Å². The zero-order valence-corrected chi connectivity index (χ0v) is 18.9. The zero-order chi connectivity index (χ0) is 23.2. The average molecular weight is 451 g/mol. The minimum absolute atomic E-state index is 0.115. The minimum Gasteiger partial charge on any atom is -0.492 e. The SMILES string of the molecule is CCOC(Cc1ccc(OCCn2ccc3ccc(C(=O)C4CCCC4)nc32)cc1)C(=O)O. The van der Waals surface area contributed by atoms with Gasteiger partial charge < -0.3 is 19.1 Å². The number of nitrogens with zero attached hydrogens (tertiary/aromatic N) is 2. The van der Waals surface area contributed by atoms with E-state index in [1.807, 2.05) is 53.2 Å². The fraction of sp³-hybridized carbons (Fsp3) is 0.423. The molecule has 1 fully saturated rings. The van der Waals surface area contributed by atoms with Crippen molar-refractivity contribution in [1.29, 1.82) is 0 Å². The van der Waals surface area contributed by atoms with Gasteiger partial charge in [0.1, 0.15) is 23.7 Å². The Morgan fingerprint density at radius 3 is 2.58 bits per heavy atom. The normalized spacial score (nSPS) is 15.1. The summed E-state index contributed by atoms with van der Waals surface area (Å²) >= 11 is 0. The molecule has 1 saturated carbocycles. The number of carboxylic acid groups (broad SMARTS) is 1. The van der Waals surface area contributed by atoms with E-state index in [9.17, 15) is 14.7 Å². The number of benzene rings is 1. The summed E-state index contributed by atoms with van der Waals surface area (Å²) in [6.45, 7) is 3.19. The van der Waals surface area contributed by atoms with Crippen LogP contribution < -0.4 is 4.74 Å². The molecule has 1 N–H and O–H groups in total. The van der Waals surface area contributed by atoms with Crippen LogP contribution in [0.4, 0.5) is 0 Å². The Labute approximate surface area is 193 Å². The molecule has 0 saturated heterocycles. The van der Waals surface area contributed by atoms with Gasteiger partial charge in [0.05, 0.1) is 6.54 Å². The molecule has 1 unspecified atom stereocenters. The highest BCUT2D eigenvalue weighted by Gasteiger charge is 2.25. The number of pyridine rings is 1. The van der Waals surface area contributed by atoms with Crippen molar-refractivity contribution < 1.29 is 24.2 Å². The van der Waals surface area contributed by atoms with Crippen molar-refractivity contribution in [2.24, 2.45) is 5.92 Å². The number of carboxylic acids is 1. The van der Waals surface area contributed by atoms with Crippen molar-refractivity contribution in [1.82, 2.24) is 9.55 Å². The summed E-state index contributed by atoms with van der Waals surface area (Å²) in [5, 5.41) is 10.2. The molecule has 3 aromatic rings. The zero-order valence-electron chi connectivity index (χ0n) is 18.9. The lowest BCUT2D eigenvalue weighted by molar-refractivity contribution is -0.149. The number of aliphatic carboxylic acids is 1.